The Morgan fingerprint density at radius 2 is 0.580 bits per heavy atom. The summed E-state index contributed by atoms with van der Waals surface area (Å²) in [7, 11) is 0. The molecule has 0 nitrogen and oxygen atoms in total. The van der Waals surface area contributed by atoms with Crippen molar-refractivity contribution in [2.75, 3.05) is 0 Å². The maximum absolute atomic E-state index is 9.66. The van der Waals surface area contributed by atoms with Crippen LogP contribution >= 0.6 is 0 Å². The van der Waals surface area contributed by atoms with Crippen molar-refractivity contribution in [2.24, 2.45) is 0 Å². The SMILES string of the molecule is [2H]c1c([2H])c(-c2c([2H])c([2H])c([2H])c(-c3ccc4ccc5cccc6ccc3c4c56)c2[2H])c([2H])c(-c2c([2H])c([2H])c([2H])c(-c3ccc4ccc5cccc6ccc3c4c56)c2[2H])c1[2H]. The van der Waals surface area contributed by atoms with Gasteiger partial charge in [-0.05, 0) is 127 Å². The predicted molar refractivity (Wildman–Crippen MR) is 216 cm³/mol. The highest BCUT2D eigenvalue weighted by molar-refractivity contribution is 6.26. The number of hydrogen-bond acceptors (Lipinski definition) is 0. The van der Waals surface area contributed by atoms with Crippen LogP contribution in [0.3, 0.4) is 0 Å². The fourth-order valence-electron chi connectivity index (χ4n) is 7.71. The molecule has 230 valence electrons. The van der Waals surface area contributed by atoms with Gasteiger partial charge < -0.3 is 0 Å². The van der Waals surface area contributed by atoms with Crippen LogP contribution in [0.1, 0.15) is 16.4 Å². The monoisotopic (exact) mass is 642 g/mol. The zero-order valence-electron chi connectivity index (χ0n) is 38.4. The standard InChI is InChI=1S/C50H30/c1-6-31-16-18-35-20-24-43(45-26-22-33(8-1)47(31)49(35)45)41-14-4-12-39(29-41)37-10-3-11-38(28-37)40-13-5-15-42(30-40)44-25-21-36-19-17-32-7-2-9-34-23-27-46(44)50(36)48(32)34/h1-30H/i3D,4D,5D,10D,11D,12D,13D,14D,15D,28D,29D,30D. The molecule has 0 fully saturated rings. The third-order valence-electron chi connectivity index (χ3n) is 9.97. The minimum atomic E-state index is -0.708. The second-order valence-corrected chi connectivity index (χ2v) is 12.7. The molecule has 0 aromatic heterocycles. The van der Waals surface area contributed by atoms with Crippen LogP contribution in [0.2, 0.25) is 0 Å². The minimum absolute atomic E-state index is 0.00794. The fourth-order valence-corrected chi connectivity index (χ4v) is 7.71. The normalized spacial score (nSPS) is 15.4. The van der Waals surface area contributed by atoms with Crippen LogP contribution in [0.15, 0.2) is 182 Å². The maximum Gasteiger partial charge on any atom is 0.0636 e. The summed E-state index contributed by atoms with van der Waals surface area (Å²) in [4.78, 5) is 0. The Hall–Kier alpha value is -6.50. The summed E-state index contributed by atoms with van der Waals surface area (Å²) in [6.07, 6.45) is 0. The summed E-state index contributed by atoms with van der Waals surface area (Å²) < 4.78 is 111. The highest BCUT2D eigenvalue weighted by atomic mass is 14.2. The first kappa shape index (κ1) is 18.3. The van der Waals surface area contributed by atoms with Gasteiger partial charge in [0, 0.05) is 0 Å². The van der Waals surface area contributed by atoms with E-state index in [1.807, 2.05) is 97.1 Å². The molecule has 0 aliphatic carbocycles. The van der Waals surface area contributed by atoms with Crippen molar-refractivity contribution in [3.8, 4) is 44.5 Å². The molecule has 0 unspecified atom stereocenters. The van der Waals surface area contributed by atoms with Crippen molar-refractivity contribution < 1.29 is 16.4 Å². The van der Waals surface area contributed by atoms with Gasteiger partial charge in [0.05, 0.1) is 16.4 Å². The molecule has 11 rings (SSSR count). The van der Waals surface area contributed by atoms with Crippen LogP contribution in [-0.4, -0.2) is 0 Å². The van der Waals surface area contributed by atoms with Crippen molar-refractivity contribution in [1.82, 2.24) is 0 Å². The second-order valence-electron chi connectivity index (χ2n) is 12.7. The molecule has 0 radical (unpaired) electrons. The number of rotatable bonds is 4. The van der Waals surface area contributed by atoms with Crippen molar-refractivity contribution in [3.63, 3.8) is 0 Å². The molecule has 0 heterocycles. The summed E-state index contributed by atoms with van der Waals surface area (Å²) in [5.41, 5.74) is -0.758. The smallest absolute Gasteiger partial charge is 0.0610 e. The number of benzene rings is 11. The fraction of sp³-hybridized carbons (Fsp3) is 0. The molecule has 0 heteroatoms. The molecule has 0 N–H and O–H groups in total. The van der Waals surface area contributed by atoms with Crippen molar-refractivity contribution in [1.29, 1.82) is 0 Å². The van der Waals surface area contributed by atoms with Crippen LogP contribution in [0.25, 0.3) is 109 Å². The molecule has 0 saturated carbocycles. The Kier molecular flexibility index (Phi) is 3.85. The van der Waals surface area contributed by atoms with E-state index in [1.165, 1.54) is 0 Å². The van der Waals surface area contributed by atoms with E-state index >= 15 is 0 Å². The van der Waals surface area contributed by atoms with Crippen LogP contribution in [0, 0.1) is 0 Å². The van der Waals surface area contributed by atoms with Gasteiger partial charge in [-0.3, -0.25) is 0 Å². The van der Waals surface area contributed by atoms with Gasteiger partial charge in [-0.1, -0.05) is 164 Å². The van der Waals surface area contributed by atoms with E-state index in [0.29, 0.717) is 21.9 Å². The average molecular weight is 643 g/mol. The van der Waals surface area contributed by atoms with E-state index in [-0.39, 0.29) is 22.3 Å². The topological polar surface area (TPSA) is 0 Å². The van der Waals surface area contributed by atoms with Gasteiger partial charge in [0.2, 0.25) is 0 Å². The molecule has 0 aliphatic heterocycles. The maximum atomic E-state index is 9.66. The Balaban J connectivity index is 1.19. The van der Waals surface area contributed by atoms with Gasteiger partial charge in [0.15, 0.2) is 0 Å². The molecule has 50 heavy (non-hydrogen) atoms. The van der Waals surface area contributed by atoms with Gasteiger partial charge in [0.1, 0.15) is 0 Å². The molecule has 0 atom stereocenters. The lowest BCUT2D eigenvalue weighted by Crippen LogP contribution is -1.88. The summed E-state index contributed by atoms with van der Waals surface area (Å²) >= 11 is 0. The summed E-state index contributed by atoms with van der Waals surface area (Å²) in [5, 5.41) is 11.0. The van der Waals surface area contributed by atoms with E-state index in [1.54, 1.807) is 12.1 Å². The third-order valence-corrected chi connectivity index (χ3v) is 9.97. The van der Waals surface area contributed by atoms with E-state index in [4.69, 9.17) is 12.3 Å². The highest BCUT2D eigenvalue weighted by Crippen LogP contribution is 2.42. The van der Waals surface area contributed by atoms with Crippen molar-refractivity contribution in [2.45, 2.75) is 0 Å². The predicted octanol–water partition coefficient (Wildman–Crippen LogP) is 14.1. The van der Waals surface area contributed by atoms with Crippen molar-refractivity contribution in [3.05, 3.63) is 182 Å². The quantitative estimate of drug-likeness (QED) is 0.168. The van der Waals surface area contributed by atoms with Gasteiger partial charge in [-0.25, -0.2) is 0 Å². The Labute approximate surface area is 307 Å². The lowest BCUT2D eigenvalue weighted by atomic mass is 9.88. The van der Waals surface area contributed by atoms with E-state index in [0.717, 1.165) is 53.9 Å². The Morgan fingerprint density at radius 1 is 0.280 bits per heavy atom. The molecule has 0 bridgehead atoms. The molecule has 11 aromatic rings. The molecule has 0 spiro atoms. The second kappa shape index (κ2) is 10.5. The molecular formula is C50H30. The zero-order chi connectivity index (χ0) is 43.2. The van der Waals surface area contributed by atoms with Gasteiger partial charge >= 0.3 is 0 Å². The van der Waals surface area contributed by atoms with Crippen LogP contribution in [-0.2, 0) is 0 Å². The van der Waals surface area contributed by atoms with Gasteiger partial charge in [0.25, 0.3) is 0 Å². The largest absolute Gasteiger partial charge is 0.0636 e. The van der Waals surface area contributed by atoms with Crippen LogP contribution in [0.5, 0.6) is 0 Å². The Morgan fingerprint density at radius 3 is 0.980 bits per heavy atom. The molecule has 11 aromatic carbocycles. The highest BCUT2D eigenvalue weighted by Gasteiger charge is 2.15. The summed E-state index contributed by atoms with van der Waals surface area (Å²) in [5.74, 6) is 0. The van der Waals surface area contributed by atoms with Crippen LogP contribution in [0.4, 0.5) is 0 Å². The zero-order valence-corrected chi connectivity index (χ0v) is 26.4. The number of hydrogen-bond donors (Lipinski definition) is 0. The first-order chi connectivity index (χ1) is 29.8. The average Bonchev–Trinajstić information content (AvgIpc) is 3.28. The Bertz CT molecular complexity index is 3510. The summed E-state index contributed by atoms with van der Waals surface area (Å²) in [6, 6.07) is 28.3. The molecule has 0 saturated heterocycles. The lowest BCUT2D eigenvalue weighted by Gasteiger charge is -2.15. The minimum Gasteiger partial charge on any atom is -0.0610 e. The van der Waals surface area contributed by atoms with E-state index in [2.05, 4.69) is 0 Å². The molecular weight excluding hydrogens is 601 g/mol. The van der Waals surface area contributed by atoms with Gasteiger partial charge in [-0.15, -0.1) is 0 Å². The van der Waals surface area contributed by atoms with Crippen molar-refractivity contribution >= 4 is 64.6 Å². The third kappa shape index (κ3) is 4.06. The van der Waals surface area contributed by atoms with E-state index < -0.39 is 83.6 Å². The first-order valence-corrected chi connectivity index (χ1v) is 16.5. The molecule has 0 aliphatic rings. The first-order valence-electron chi connectivity index (χ1n) is 22.5. The van der Waals surface area contributed by atoms with Gasteiger partial charge in [-0.2, -0.15) is 0 Å². The lowest BCUT2D eigenvalue weighted by molar-refractivity contribution is 1.58. The molecule has 0 amide bonds. The summed E-state index contributed by atoms with van der Waals surface area (Å²) in [6.45, 7) is 0. The van der Waals surface area contributed by atoms with E-state index in [9.17, 15) is 4.11 Å². The van der Waals surface area contributed by atoms with Crippen LogP contribution < -0.4 is 0 Å².